The Labute approximate surface area is 88.8 Å². The van der Waals surface area contributed by atoms with Gasteiger partial charge < -0.3 is 5.73 Å². The number of hydrogen-bond donors (Lipinski definition) is 1. The second-order valence-electron chi connectivity index (χ2n) is 3.58. The Morgan fingerprint density at radius 2 is 2.33 bits per heavy atom. The summed E-state index contributed by atoms with van der Waals surface area (Å²) >= 11 is 0. The van der Waals surface area contributed by atoms with Crippen molar-refractivity contribution in [2.45, 2.75) is 12.5 Å². The van der Waals surface area contributed by atoms with E-state index in [4.69, 9.17) is 5.73 Å². The van der Waals surface area contributed by atoms with Crippen molar-refractivity contribution in [1.29, 1.82) is 0 Å². The van der Waals surface area contributed by atoms with Crippen LogP contribution in [0.15, 0.2) is 36.8 Å². The van der Waals surface area contributed by atoms with Crippen LogP contribution in [0.5, 0.6) is 0 Å². The van der Waals surface area contributed by atoms with Crippen LogP contribution in [0, 0.1) is 0 Å². The number of aromatic nitrogens is 3. The first-order valence-corrected chi connectivity index (χ1v) is 4.90. The first kappa shape index (κ1) is 9.86. The fraction of sp³-hybridized carbons (Fsp3) is 0.273. The molecule has 4 heteroatoms. The molecule has 0 fully saturated rings. The molecular formula is C11H14N4. The lowest BCUT2D eigenvalue weighted by Crippen LogP contribution is -2.13. The molecule has 0 aliphatic rings. The molecule has 4 nitrogen and oxygen atoms in total. The highest BCUT2D eigenvalue weighted by molar-refractivity contribution is 5.16. The molecule has 15 heavy (non-hydrogen) atoms. The monoisotopic (exact) mass is 202 g/mol. The topological polar surface area (TPSA) is 56.7 Å². The van der Waals surface area contributed by atoms with E-state index in [1.54, 1.807) is 17.1 Å². The van der Waals surface area contributed by atoms with Crippen molar-refractivity contribution in [1.82, 2.24) is 14.8 Å². The van der Waals surface area contributed by atoms with Crippen LogP contribution in [-0.2, 0) is 13.5 Å². The minimum Gasteiger partial charge on any atom is -0.324 e. The number of hydrogen-bond acceptors (Lipinski definition) is 3. The average Bonchev–Trinajstić information content (AvgIpc) is 2.65. The second-order valence-corrected chi connectivity index (χ2v) is 3.58. The lowest BCUT2D eigenvalue weighted by molar-refractivity contribution is 0.673. The smallest absolute Gasteiger partial charge is 0.0643 e. The third-order valence-electron chi connectivity index (χ3n) is 2.31. The molecule has 0 saturated carbocycles. The largest absolute Gasteiger partial charge is 0.324 e. The molecule has 2 N–H and O–H groups in total. The van der Waals surface area contributed by atoms with Gasteiger partial charge in [0, 0.05) is 38.1 Å². The van der Waals surface area contributed by atoms with E-state index in [9.17, 15) is 0 Å². The summed E-state index contributed by atoms with van der Waals surface area (Å²) in [5, 5.41) is 4.29. The molecule has 0 amide bonds. The summed E-state index contributed by atoms with van der Waals surface area (Å²) in [5.74, 6) is 0. The Hall–Kier alpha value is -1.68. The number of nitrogens with zero attached hydrogens (tertiary/aromatic N) is 3. The average molecular weight is 202 g/mol. The lowest BCUT2D eigenvalue weighted by atomic mass is 10.1. The van der Waals surface area contributed by atoms with Gasteiger partial charge in [-0.05, 0) is 17.7 Å². The fourth-order valence-corrected chi connectivity index (χ4v) is 1.51. The van der Waals surface area contributed by atoms with Crippen LogP contribution < -0.4 is 5.73 Å². The third kappa shape index (κ3) is 2.41. The van der Waals surface area contributed by atoms with Crippen molar-refractivity contribution >= 4 is 0 Å². The Morgan fingerprint density at radius 1 is 1.47 bits per heavy atom. The van der Waals surface area contributed by atoms with Gasteiger partial charge in [-0.1, -0.05) is 6.07 Å². The van der Waals surface area contributed by atoms with E-state index < -0.39 is 0 Å². The number of aryl methyl sites for hydroxylation is 1. The van der Waals surface area contributed by atoms with E-state index in [1.165, 1.54) is 0 Å². The molecular weight excluding hydrogens is 188 g/mol. The van der Waals surface area contributed by atoms with Crippen LogP contribution in [0.3, 0.4) is 0 Å². The standard InChI is InChI=1S/C11H14N4/c1-15-6-4-10(14-15)7-11(12)9-3-2-5-13-8-9/h2-6,8,11H,7,12H2,1H3. The van der Waals surface area contributed by atoms with E-state index in [1.807, 2.05) is 31.4 Å². The normalized spacial score (nSPS) is 12.7. The van der Waals surface area contributed by atoms with Crippen molar-refractivity contribution in [3.05, 3.63) is 48.0 Å². The van der Waals surface area contributed by atoms with Crippen molar-refractivity contribution in [3.8, 4) is 0 Å². The zero-order valence-electron chi connectivity index (χ0n) is 8.67. The minimum atomic E-state index is -0.0337. The van der Waals surface area contributed by atoms with Gasteiger partial charge in [0.1, 0.15) is 0 Å². The Kier molecular flexibility index (Phi) is 2.78. The predicted molar refractivity (Wildman–Crippen MR) is 58.1 cm³/mol. The van der Waals surface area contributed by atoms with Crippen LogP contribution >= 0.6 is 0 Å². The van der Waals surface area contributed by atoms with Gasteiger partial charge in [0.05, 0.1) is 5.69 Å². The zero-order valence-corrected chi connectivity index (χ0v) is 8.67. The summed E-state index contributed by atoms with van der Waals surface area (Å²) in [6.45, 7) is 0. The van der Waals surface area contributed by atoms with Gasteiger partial charge in [0.2, 0.25) is 0 Å². The molecule has 0 spiro atoms. The predicted octanol–water partition coefficient (Wildman–Crippen LogP) is 1.06. The highest BCUT2D eigenvalue weighted by Gasteiger charge is 2.08. The third-order valence-corrected chi connectivity index (χ3v) is 2.31. The minimum absolute atomic E-state index is 0.0337. The van der Waals surface area contributed by atoms with E-state index in [-0.39, 0.29) is 6.04 Å². The van der Waals surface area contributed by atoms with Crippen molar-refractivity contribution in [2.24, 2.45) is 12.8 Å². The Morgan fingerprint density at radius 3 is 2.93 bits per heavy atom. The van der Waals surface area contributed by atoms with E-state index in [0.717, 1.165) is 17.7 Å². The fourth-order valence-electron chi connectivity index (χ4n) is 1.51. The van der Waals surface area contributed by atoms with Crippen LogP contribution in [0.25, 0.3) is 0 Å². The molecule has 2 aromatic heterocycles. The quantitative estimate of drug-likeness (QED) is 0.809. The van der Waals surface area contributed by atoms with Gasteiger partial charge >= 0.3 is 0 Å². The van der Waals surface area contributed by atoms with Crippen molar-refractivity contribution in [2.75, 3.05) is 0 Å². The maximum absolute atomic E-state index is 6.05. The van der Waals surface area contributed by atoms with Crippen LogP contribution in [0.4, 0.5) is 0 Å². The highest BCUT2D eigenvalue weighted by Crippen LogP contribution is 2.13. The molecule has 78 valence electrons. The van der Waals surface area contributed by atoms with E-state index >= 15 is 0 Å². The van der Waals surface area contributed by atoms with E-state index in [2.05, 4.69) is 10.1 Å². The maximum atomic E-state index is 6.05. The molecule has 0 bridgehead atoms. The summed E-state index contributed by atoms with van der Waals surface area (Å²) in [7, 11) is 1.90. The first-order chi connectivity index (χ1) is 7.25. The van der Waals surface area contributed by atoms with Crippen LogP contribution in [0.2, 0.25) is 0 Å². The van der Waals surface area contributed by atoms with Gasteiger partial charge in [0.25, 0.3) is 0 Å². The summed E-state index contributed by atoms with van der Waals surface area (Å²) < 4.78 is 1.78. The number of pyridine rings is 1. The molecule has 1 atom stereocenters. The molecule has 2 heterocycles. The molecule has 1 unspecified atom stereocenters. The van der Waals surface area contributed by atoms with Crippen molar-refractivity contribution < 1.29 is 0 Å². The highest BCUT2D eigenvalue weighted by atomic mass is 15.2. The van der Waals surface area contributed by atoms with Crippen LogP contribution in [-0.4, -0.2) is 14.8 Å². The Balaban J connectivity index is 2.07. The summed E-state index contributed by atoms with van der Waals surface area (Å²) in [6.07, 6.45) is 6.21. The van der Waals surface area contributed by atoms with Gasteiger partial charge in [-0.25, -0.2) is 0 Å². The number of rotatable bonds is 3. The van der Waals surface area contributed by atoms with Crippen molar-refractivity contribution in [3.63, 3.8) is 0 Å². The summed E-state index contributed by atoms with van der Waals surface area (Å²) in [5.41, 5.74) is 8.10. The molecule has 0 saturated heterocycles. The van der Waals surface area contributed by atoms with Gasteiger partial charge in [0.15, 0.2) is 0 Å². The SMILES string of the molecule is Cn1ccc(CC(N)c2cccnc2)n1. The maximum Gasteiger partial charge on any atom is 0.0643 e. The van der Waals surface area contributed by atoms with Gasteiger partial charge in [-0.2, -0.15) is 5.10 Å². The second kappa shape index (κ2) is 4.23. The lowest BCUT2D eigenvalue weighted by Gasteiger charge is -2.09. The molecule has 2 rings (SSSR count). The zero-order chi connectivity index (χ0) is 10.7. The molecule has 2 aromatic rings. The van der Waals surface area contributed by atoms with E-state index in [0.29, 0.717) is 0 Å². The van der Waals surface area contributed by atoms with Crippen LogP contribution in [0.1, 0.15) is 17.3 Å². The number of nitrogens with two attached hydrogens (primary N) is 1. The van der Waals surface area contributed by atoms with Gasteiger partial charge in [-0.15, -0.1) is 0 Å². The molecule has 0 aliphatic carbocycles. The first-order valence-electron chi connectivity index (χ1n) is 4.90. The Bertz CT molecular complexity index is 421. The van der Waals surface area contributed by atoms with Gasteiger partial charge in [-0.3, -0.25) is 9.67 Å². The summed E-state index contributed by atoms with van der Waals surface area (Å²) in [4.78, 5) is 4.05. The summed E-state index contributed by atoms with van der Waals surface area (Å²) in [6, 6.07) is 5.83. The molecule has 0 aliphatic heterocycles. The molecule has 0 radical (unpaired) electrons. The molecule has 0 aromatic carbocycles.